The predicted molar refractivity (Wildman–Crippen MR) is 81.1 cm³/mol. The van der Waals surface area contributed by atoms with Crippen molar-refractivity contribution in [2.45, 2.75) is 11.8 Å². The summed E-state index contributed by atoms with van der Waals surface area (Å²) in [4.78, 5) is 12.4. The number of benzene rings is 2. The molecule has 4 nitrogen and oxygen atoms in total. The van der Waals surface area contributed by atoms with Crippen LogP contribution in [0.3, 0.4) is 0 Å². The van der Waals surface area contributed by atoms with Gasteiger partial charge in [0.15, 0.2) is 5.60 Å². The van der Waals surface area contributed by atoms with Crippen molar-refractivity contribution in [3.05, 3.63) is 58.1 Å². The maximum absolute atomic E-state index is 12.8. The van der Waals surface area contributed by atoms with Crippen LogP contribution in [-0.2, 0) is 16.6 Å². The molecule has 2 aromatic carbocycles. The van der Waals surface area contributed by atoms with Crippen LogP contribution in [0.25, 0.3) is 0 Å². The SMILES string of the molecule is COc1ccc(Cl)cc1C1(O)C(=O)Nc2cc(C(F)(F)F)ccc21. The Morgan fingerprint density at radius 3 is 2.50 bits per heavy atom. The second-order valence-corrected chi connectivity index (χ2v) is 5.70. The molecule has 0 fully saturated rings. The lowest BCUT2D eigenvalue weighted by Crippen LogP contribution is -2.35. The summed E-state index contributed by atoms with van der Waals surface area (Å²) < 4.78 is 43.6. The number of nitrogens with one attached hydrogen (secondary N) is 1. The van der Waals surface area contributed by atoms with E-state index in [-0.39, 0.29) is 27.6 Å². The Kier molecular flexibility index (Phi) is 3.73. The summed E-state index contributed by atoms with van der Waals surface area (Å²) in [6.45, 7) is 0. The summed E-state index contributed by atoms with van der Waals surface area (Å²) in [5.41, 5.74) is -3.19. The maximum Gasteiger partial charge on any atom is 0.416 e. The summed E-state index contributed by atoms with van der Waals surface area (Å²) in [5.74, 6) is -0.692. The Labute approximate surface area is 139 Å². The highest BCUT2D eigenvalue weighted by molar-refractivity contribution is 6.30. The average molecular weight is 358 g/mol. The topological polar surface area (TPSA) is 58.6 Å². The molecule has 126 valence electrons. The summed E-state index contributed by atoms with van der Waals surface area (Å²) in [7, 11) is 1.34. The third-order valence-electron chi connectivity index (χ3n) is 3.86. The van der Waals surface area contributed by atoms with Crippen molar-refractivity contribution in [1.29, 1.82) is 0 Å². The first-order valence-corrected chi connectivity index (χ1v) is 7.15. The molecule has 1 amide bonds. The van der Waals surface area contributed by atoms with Crippen LogP contribution >= 0.6 is 11.6 Å². The summed E-state index contributed by atoms with van der Waals surface area (Å²) in [6.07, 6.45) is -4.56. The van der Waals surface area contributed by atoms with Crippen molar-refractivity contribution in [1.82, 2.24) is 0 Å². The molecule has 24 heavy (non-hydrogen) atoms. The van der Waals surface area contributed by atoms with Gasteiger partial charge in [-0.2, -0.15) is 13.2 Å². The molecule has 1 aliphatic heterocycles. The normalized spacial score (nSPS) is 19.8. The van der Waals surface area contributed by atoms with Gasteiger partial charge in [0, 0.05) is 21.8 Å². The molecule has 0 aliphatic carbocycles. The number of carbonyl (C=O) groups is 1. The summed E-state index contributed by atoms with van der Waals surface area (Å²) >= 11 is 5.93. The van der Waals surface area contributed by atoms with Crippen LogP contribution in [0, 0.1) is 0 Å². The molecule has 0 bridgehead atoms. The molecule has 0 saturated heterocycles. The van der Waals surface area contributed by atoms with E-state index in [4.69, 9.17) is 16.3 Å². The Hall–Kier alpha value is -2.25. The number of amides is 1. The first-order chi connectivity index (χ1) is 11.2. The highest BCUT2D eigenvalue weighted by Gasteiger charge is 2.49. The van der Waals surface area contributed by atoms with Crippen LogP contribution in [0.5, 0.6) is 5.75 Å². The lowest BCUT2D eigenvalue weighted by atomic mass is 9.86. The molecule has 2 N–H and O–H groups in total. The number of ether oxygens (including phenoxy) is 1. The van der Waals surface area contributed by atoms with Crippen LogP contribution in [0.4, 0.5) is 18.9 Å². The molecule has 8 heteroatoms. The van der Waals surface area contributed by atoms with E-state index in [2.05, 4.69) is 5.32 Å². The van der Waals surface area contributed by atoms with Gasteiger partial charge in [0.1, 0.15) is 5.75 Å². The molecule has 0 aromatic heterocycles. The smallest absolute Gasteiger partial charge is 0.416 e. The van der Waals surface area contributed by atoms with Gasteiger partial charge in [0.2, 0.25) is 0 Å². The highest BCUT2D eigenvalue weighted by atomic mass is 35.5. The molecule has 1 heterocycles. The van der Waals surface area contributed by atoms with Crippen molar-refractivity contribution in [2.75, 3.05) is 12.4 Å². The van der Waals surface area contributed by atoms with E-state index in [9.17, 15) is 23.1 Å². The second-order valence-electron chi connectivity index (χ2n) is 5.27. The standard InChI is InChI=1S/C16H11ClF3NO3/c1-24-13-5-3-9(17)7-11(13)15(23)10-4-2-8(16(18,19)20)6-12(10)21-14(15)22/h2-7,23H,1H3,(H,21,22). The van der Waals surface area contributed by atoms with Crippen LogP contribution in [-0.4, -0.2) is 18.1 Å². The van der Waals surface area contributed by atoms with Gasteiger partial charge in [-0.05, 0) is 30.3 Å². The molecule has 0 saturated carbocycles. The Bertz CT molecular complexity index is 838. The van der Waals surface area contributed by atoms with Gasteiger partial charge < -0.3 is 15.2 Å². The third kappa shape index (κ3) is 2.40. The van der Waals surface area contributed by atoms with Crippen LogP contribution in [0.1, 0.15) is 16.7 Å². The fraction of sp³-hybridized carbons (Fsp3) is 0.188. The monoisotopic (exact) mass is 357 g/mol. The van der Waals surface area contributed by atoms with E-state index in [1.807, 2.05) is 0 Å². The van der Waals surface area contributed by atoms with E-state index < -0.39 is 23.2 Å². The van der Waals surface area contributed by atoms with E-state index >= 15 is 0 Å². The highest BCUT2D eigenvalue weighted by Crippen LogP contribution is 2.46. The maximum atomic E-state index is 12.8. The number of halogens is 4. The zero-order valence-corrected chi connectivity index (χ0v) is 13.0. The summed E-state index contributed by atoms with van der Waals surface area (Å²) in [5, 5.41) is 13.5. The number of carbonyl (C=O) groups excluding carboxylic acids is 1. The van der Waals surface area contributed by atoms with Gasteiger partial charge in [-0.1, -0.05) is 17.7 Å². The van der Waals surface area contributed by atoms with Crippen molar-refractivity contribution in [3.63, 3.8) is 0 Å². The lowest BCUT2D eigenvalue weighted by molar-refractivity contribution is -0.137. The van der Waals surface area contributed by atoms with E-state index in [1.165, 1.54) is 25.3 Å². The Balaban J connectivity index is 2.21. The minimum atomic E-state index is -4.56. The number of aliphatic hydroxyl groups is 1. The van der Waals surface area contributed by atoms with E-state index in [0.29, 0.717) is 0 Å². The minimum Gasteiger partial charge on any atom is -0.496 e. The number of methoxy groups -OCH3 is 1. The first kappa shape index (κ1) is 16.6. The molecule has 3 rings (SSSR count). The van der Waals surface area contributed by atoms with Crippen molar-refractivity contribution in [2.24, 2.45) is 0 Å². The molecular weight excluding hydrogens is 347 g/mol. The van der Waals surface area contributed by atoms with Crippen molar-refractivity contribution < 1.29 is 27.8 Å². The summed E-state index contributed by atoms with van der Waals surface area (Å²) in [6, 6.07) is 6.96. The zero-order valence-electron chi connectivity index (χ0n) is 12.2. The molecule has 1 aliphatic rings. The lowest BCUT2D eigenvalue weighted by Gasteiger charge is -2.24. The fourth-order valence-corrected chi connectivity index (χ4v) is 2.88. The Morgan fingerprint density at radius 1 is 1.17 bits per heavy atom. The van der Waals surface area contributed by atoms with E-state index in [0.717, 1.165) is 18.2 Å². The van der Waals surface area contributed by atoms with Crippen LogP contribution in [0.15, 0.2) is 36.4 Å². The van der Waals surface area contributed by atoms with Gasteiger partial charge in [0.05, 0.1) is 12.7 Å². The molecule has 1 atom stereocenters. The molecule has 0 radical (unpaired) electrons. The third-order valence-corrected chi connectivity index (χ3v) is 4.10. The van der Waals surface area contributed by atoms with Gasteiger partial charge in [-0.15, -0.1) is 0 Å². The minimum absolute atomic E-state index is 0.000988. The number of anilines is 1. The zero-order chi connectivity index (χ0) is 17.7. The van der Waals surface area contributed by atoms with Crippen molar-refractivity contribution in [3.8, 4) is 5.75 Å². The molecular formula is C16H11ClF3NO3. The number of alkyl halides is 3. The van der Waals surface area contributed by atoms with Crippen LogP contribution < -0.4 is 10.1 Å². The second kappa shape index (κ2) is 5.39. The number of fused-ring (bicyclic) bond motifs is 1. The molecule has 1 unspecified atom stereocenters. The van der Waals surface area contributed by atoms with E-state index in [1.54, 1.807) is 0 Å². The predicted octanol–water partition coefficient (Wildman–Crippen LogP) is 3.56. The van der Waals surface area contributed by atoms with Gasteiger partial charge in [-0.25, -0.2) is 0 Å². The van der Waals surface area contributed by atoms with Crippen molar-refractivity contribution >= 4 is 23.2 Å². The fourth-order valence-electron chi connectivity index (χ4n) is 2.70. The molecule has 2 aromatic rings. The quantitative estimate of drug-likeness (QED) is 0.864. The number of hydrogen-bond acceptors (Lipinski definition) is 3. The van der Waals surface area contributed by atoms with Gasteiger partial charge in [0.25, 0.3) is 5.91 Å². The van der Waals surface area contributed by atoms with Crippen LogP contribution in [0.2, 0.25) is 5.02 Å². The largest absolute Gasteiger partial charge is 0.496 e. The number of hydrogen-bond donors (Lipinski definition) is 2. The van der Waals surface area contributed by atoms with Gasteiger partial charge in [-0.3, -0.25) is 4.79 Å². The number of rotatable bonds is 2. The van der Waals surface area contributed by atoms with Gasteiger partial charge >= 0.3 is 6.18 Å². The Morgan fingerprint density at radius 2 is 1.88 bits per heavy atom. The first-order valence-electron chi connectivity index (χ1n) is 6.77. The molecule has 0 spiro atoms. The average Bonchev–Trinajstić information content (AvgIpc) is 2.78.